The maximum Gasteiger partial charge on any atom is 0.192 e. The second-order valence-electron chi connectivity index (χ2n) is 6.21. The van der Waals surface area contributed by atoms with Gasteiger partial charge in [0.1, 0.15) is 5.75 Å². The summed E-state index contributed by atoms with van der Waals surface area (Å²) in [5.74, 6) is 2.62. The molecule has 1 aromatic heterocycles. The molecule has 0 aliphatic heterocycles. The molecule has 0 fully saturated rings. The van der Waals surface area contributed by atoms with Gasteiger partial charge in [0.25, 0.3) is 0 Å². The number of hydrogen-bond acceptors (Lipinski definition) is 4. The van der Waals surface area contributed by atoms with Crippen molar-refractivity contribution in [3.63, 3.8) is 0 Å². The Morgan fingerprint density at radius 2 is 1.76 bits per heavy atom. The van der Waals surface area contributed by atoms with Gasteiger partial charge in [-0.3, -0.25) is 4.57 Å². The number of nitrogens with zero attached hydrogens (tertiary/aromatic N) is 3. The Morgan fingerprint density at radius 3 is 2.40 bits per heavy atom. The van der Waals surface area contributed by atoms with Gasteiger partial charge in [0.15, 0.2) is 11.0 Å². The van der Waals surface area contributed by atoms with E-state index >= 15 is 0 Å². The van der Waals surface area contributed by atoms with E-state index < -0.39 is 0 Å². The largest absolute Gasteiger partial charge is 0.497 e. The molecule has 1 heterocycles. The Bertz CT molecular complexity index is 840. The van der Waals surface area contributed by atoms with E-state index in [9.17, 15) is 0 Å². The van der Waals surface area contributed by atoms with E-state index in [0.717, 1.165) is 28.0 Å². The number of ether oxygens (including phenoxy) is 1. The molecule has 4 nitrogen and oxygen atoms in total. The van der Waals surface area contributed by atoms with Crippen LogP contribution in [0.2, 0.25) is 0 Å². The monoisotopic (exact) mass is 353 g/mol. The van der Waals surface area contributed by atoms with Crippen LogP contribution in [0.25, 0.3) is 11.4 Å². The molecule has 130 valence electrons. The summed E-state index contributed by atoms with van der Waals surface area (Å²) < 4.78 is 7.44. The average molecular weight is 353 g/mol. The van der Waals surface area contributed by atoms with Crippen molar-refractivity contribution in [2.75, 3.05) is 7.11 Å². The molecule has 25 heavy (non-hydrogen) atoms. The van der Waals surface area contributed by atoms with Crippen molar-refractivity contribution in [2.45, 2.75) is 37.7 Å². The summed E-state index contributed by atoms with van der Waals surface area (Å²) in [6, 6.07) is 16.7. The van der Waals surface area contributed by atoms with E-state index in [4.69, 9.17) is 4.74 Å². The van der Waals surface area contributed by atoms with Crippen LogP contribution in [0, 0.1) is 6.92 Å². The van der Waals surface area contributed by atoms with Gasteiger partial charge in [-0.15, -0.1) is 10.2 Å². The number of aryl methyl sites for hydroxylation is 1. The van der Waals surface area contributed by atoms with Crippen molar-refractivity contribution in [2.24, 2.45) is 0 Å². The van der Waals surface area contributed by atoms with Crippen molar-refractivity contribution in [3.8, 4) is 17.1 Å². The fourth-order valence-electron chi connectivity index (χ4n) is 2.69. The van der Waals surface area contributed by atoms with Gasteiger partial charge in [-0.1, -0.05) is 36.0 Å². The van der Waals surface area contributed by atoms with Crippen LogP contribution < -0.4 is 4.74 Å². The Labute approximate surface area is 153 Å². The van der Waals surface area contributed by atoms with Gasteiger partial charge in [-0.05, 0) is 56.2 Å². The molecule has 0 amide bonds. The summed E-state index contributed by atoms with van der Waals surface area (Å²) in [6.45, 7) is 6.47. The van der Waals surface area contributed by atoms with Gasteiger partial charge in [0, 0.05) is 17.4 Å². The van der Waals surface area contributed by atoms with Gasteiger partial charge in [-0.25, -0.2) is 0 Å². The molecule has 0 spiro atoms. The molecule has 0 aliphatic carbocycles. The SMILES string of the molecule is COc1ccc(-c2nnc(SCc3ccccc3C)n2C(C)C)cc1. The third-order valence-electron chi connectivity index (χ3n) is 4.15. The van der Waals surface area contributed by atoms with Crippen molar-refractivity contribution < 1.29 is 4.74 Å². The molecule has 0 aliphatic rings. The van der Waals surface area contributed by atoms with Gasteiger partial charge in [0.2, 0.25) is 0 Å². The van der Waals surface area contributed by atoms with Crippen molar-refractivity contribution in [1.29, 1.82) is 0 Å². The topological polar surface area (TPSA) is 39.9 Å². The lowest BCUT2D eigenvalue weighted by molar-refractivity contribution is 0.415. The molecule has 3 aromatic rings. The van der Waals surface area contributed by atoms with Crippen molar-refractivity contribution in [3.05, 3.63) is 59.7 Å². The van der Waals surface area contributed by atoms with Crippen LogP contribution in [0.5, 0.6) is 5.75 Å². The fourth-order valence-corrected chi connectivity index (χ4v) is 3.84. The first-order valence-corrected chi connectivity index (χ1v) is 9.35. The molecule has 0 saturated heterocycles. The van der Waals surface area contributed by atoms with Crippen LogP contribution in [-0.4, -0.2) is 21.9 Å². The summed E-state index contributed by atoms with van der Waals surface area (Å²) in [5, 5.41) is 9.84. The summed E-state index contributed by atoms with van der Waals surface area (Å²) in [5.41, 5.74) is 3.68. The van der Waals surface area contributed by atoms with E-state index in [0.29, 0.717) is 0 Å². The number of rotatable bonds is 6. The molecule has 0 saturated carbocycles. The van der Waals surface area contributed by atoms with E-state index in [1.807, 2.05) is 24.3 Å². The van der Waals surface area contributed by atoms with E-state index in [2.05, 4.69) is 59.8 Å². The Balaban J connectivity index is 1.88. The Kier molecular flexibility index (Phi) is 5.43. The minimum atomic E-state index is 0.284. The number of methoxy groups -OCH3 is 1. The first-order chi connectivity index (χ1) is 12.1. The lowest BCUT2D eigenvalue weighted by Gasteiger charge is -2.14. The number of hydrogen-bond donors (Lipinski definition) is 0. The maximum absolute atomic E-state index is 5.24. The number of thioether (sulfide) groups is 1. The van der Waals surface area contributed by atoms with Gasteiger partial charge < -0.3 is 4.74 Å². The predicted octanol–water partition coefficient (Wildman–Crippen LogP) is 5.14. The number of benzene rings is 2. The summed E-state index contributed by atoms with van der Waals surface area (Å²) in [4.78, 5) is 0. The summed E-state index contributed by atoms with van der Waals surface area (Å²) in [7, 11) is 1.67. The quantitative estimate of drug-likeness (QED) is 0.576. The van der Waals surface area contributed by atoms with Crippen molar-refractivity contribution in [1.82, 2.24) is 14.8 Å². The van der Waals surface area contributed by atoms with E-state index in [1.54, 1.807) is 18.9 Å². The molecule has 0 bridgehead atoms. The highest BCUT2D eigenvalue weighted by Crippen LogP contribution is 2.30. The predicted molar refractivity (Wildman–Crippen MR) is 103 cm³/mol. The maximum atomic E-state index is 5.24. The zero-order valence-electron chi connectivity index (χ0n) is 15.1. The minimum absolute atomic E-state index is 0.284. The molecular weight excluding hydrogens is 330 g/mol. The second-order valence-corrected chi connectivity index (χ2v) is 7.16. The zero-order valence-corrected chi connectivity index (χ0v) is 15.9. The van der Waals surface area contributed by atoms with Crippen LogP contribution in [0.3, 0.4) is 0 Å². The van der Waals surface area contributed by atoms with E-state index in [-0.39, 0.29) is 6.04 Å². The van der Waals surface area contributed by atoms with Gasteiger partial charge >= 0.3 is 0 Å². The minimum Gasteiger partial charge on any atom is -0.497 e. The molecule has 5 heteroatoms. The smallest absolute Gasteiger partial charge is 0.192 e. The van der Waals surface area contributed by atoms with Crippen LogP contribution in [-0.2, 0) is 5.75 Å². The molecule has 0 unspecified atom stereocenters. The molecule has 0 N–H and O–H groups in total. The van der Waals surface area contributed by atoms with Gasteiger partial charge in [-0.2, -0.15) is 0 Å². The highest BCUT2D eigenvalue weighted by molar-refractivity contribution is 7.98. The van der Waals surface area contributed by atoms with Crippen LogP contribution in [0.1, 0.15) is 31.0 Å². The molecule has 3 rings (SSSR count). The fraction of sp³-hybridized carbons (Fsp3) is 0.300. The third-order valence-corrected chi connectivity index (χ3v) is 5.14. The standard InChI is InChI=1S/C20H23N3OS/c1-14(2)23-19(16-9-11-18(24-4)12-10-16)21-22-20(23)25-13-17-8-6-5-7-15(17)3/h5-12,14H,13H2,1-4H3. The number of aromatic nitrogens is 3. The first kappa shape index (κ1) is 17.5. The second kappa shape index (κ2) is 7.74. The normalized spacial score (nSPS) is 11.1. The highest BCUT2D eigenvalue weighted by Gasteiger charge is 2.17. The average Bonchev–Trinajstić information content (AvgIpc) is 3.05. The van der Waals surface area contributed by atoms with Crippen molar-refractivity contribution >= 4 is 11.8 Å². The Morgan fingerprint density at radius 1 is 1.04 bits per heavy atom. The highest BCUT2D eigenvalue weighted by atomic mass is 32.2. The molecular formula is C20H23N3OS. The molecule has 0 atom stereocenters. The van der Waals surface area contributed by atoms with Crippen LogP contribution >= 0.6 is 11.8 Å². The molecule has 0 radical (unpaired) electrons. The van der Waals surface area contributed by atoms with E-state index in [1.165, 1.54) is 11.1 Å². The van der Waals surface area contributed by atoms with Crippen LogP contribution in [0.4, 0.5) is 0 Å². The summed E-state index contributed by atoms with van der Waals surface area (Å²) in [6.07, 6.45) is 0. The third kappa shape index (κ3) is 3.87. The van der Waals surface area contributed by atoms with Gasteiger partial charge in [0.05, 0.1) is 7.11 Å². The Hall–Kier alpha value is -2.27. The lowest BCUT2D eigenvalue weighted by Crippen LogP contribution is -2.05. The lowest BCUT2D eigenvalue weighted by atomic mass is 10.1. The zero-order chi connectivity index (χ0) is 17.8. The van der Waals surface area contributed by atoms with Crippen LogP contribution in [0.15, 0.2) is 53.7 Å². The molecule has 2 aromatic carbocycles. The summed E-state index contributed by atoms with van der Waals surface area (Å²) >= 11 is 1.73. The first-order valence-electron chi connectivity index (χ1n) is 8.36.